The molecule has 2 saturated carbocycles. The Kier molecular flexibility index (Phi) is 6.29. The monoisotopic (exact) mass is 749 g/mol. The van der Waals surface area contributed by atoms with Crippen molar-refractivity contribution in [3.63, 3.8) is 0 Å². The molecule has 3 heteroatoms. The maximum atomic E-state index is 15.1. The summed E-state index contributed by atoms with van der Waals surface area (Å²) in [4.78, 5) is 30.2. The summed E-state index contributed by atoms with van der Waals surface area (Å²) in [5.41, 5.74) is 13.8. The number of benzene rings is 5. The first-order chi connectivity index (χ1) is 27.1. The van der Waals surface area contributed by atoms with Gasteiger partial charge < -0.3 is 4.40 Å². The third kappa shape index (κ3) is 3.79. The number of rotatable bonds is 2. The van der Waals surface area contributed by atoms with E-state index in [-0.39, 0.29) is 33.0 Å². The van der Waals surface area contributed by atoms with E-state index in [1.165, 1.54) is 76.8 Å². The Morgan fingerprint density at radius 3 is 1.60 bits per heavy atom. The lowest BCUT2D eigenvalue weighted by Gasteiger charge is -2.42. The van der Waals surface area contributed by atoms with Gasteiger partial charge in [0.05, 0.1) is 16.6 Å². The summed E-state index contributed by atoms with van der Waals surface area (Å²) in [6.07, 6.45) is 8.04. The Bertz CT molecular complexity index is 3020. The lowest BCUT2D eigenvalue weighted by Crippen LogP contribution is -2.39. The highest BCUT2D eigenvalue weighted by Gasteiger charge is 2.54. The number of hydrogen-bond acceptors (Lipinski definition) is 2. The van der Waals surface area contributed by atoms with Crippen molar-refractivity contribution in [2.24, 2.45) is 22.7 Å². The summed E-state index contributed by atoms with van der Waals surface area (Å²) >= 11 is 0. The molecule has 0 saturated heterocycles. The van der Waals surface area contributed by atoms with E-state index in [1.54, 1.807) is 0 Å². The zero-order valence-electron chi connectivity index (χ0n) is 35.3. The molecule has 0 unspecified atom stereocenters. The highest BCUT2D eigenvalue weighted by atomic mass is 16.1. The molecule has 2 heterocycles. The maximum absolute atomic E-state index is 15.1. The number of carbonyl (C=O) groups is 2. The molecule has 14 rings (SSSR count). The summed E-state index contributed by atoms with van der Waals surface area (Å²) in [5.74, 6) is 1.29. The van der Waals surface area contributed by atoms with Gasteiger partial charge in [0, 0.05) is 48.9 Å². The number of aromatic nitrogens is 1. The van der Waals surface area contributed by atoms with Crippen molar-refractivity contribution >= 4 is 60.4 Å². The van der Waals surface area contributed by atoms with Gasteiger partial charge in [-0.25, -0.2) is 0 Å². The Hall–Kier alpha value is -4.50. The quantitative estimate of drug-likeness (QED) is 0.177. The molecule has 2 fully saturated rings. The Balaban J connectivity index is 1.29. The van der Waals surface area contributed by atoms with Gasteiger partial charge in [0.25, 0.3) is 0 Å². The van der Waals surface area contributed by atoms with Crippen LogP contribution < -0.4 is 0 Å². The van der Waals surface area contributed by atoms with Crippen LogP contribution in [0.3, 0.4) is 0 Å². The fourth-order valence-corrected chi connectivity index (χ4v) is 14.1. The molecule has 4 bridgehead atoms. The van der Waals surface area contributed by atoms with Gasteiger partial charge in [0.1, 0.15) is 0 Å². The summed E-state index contributed by atoms with van der Waals surface area (Å²) in [7, 11) is 0. The molecule has 0 radical (unpaired) electrons. The van der Waals surface area contributed by atoms with E-state index in [2.05, 4.69) is 127 Å². The minimum atomic E-state index is -0.314. The number of carbonyl (C=O) groups excluding carboxylic acids is 2. The van der Waals surface area contributed by atoms with Crippen LogP contribution >= 0.6 is 0 Å². The van der Waals surface area contributed by atoms with Crippen molar-refractivity contribution in [2.45, 2.75) is 130 Å². The minimum Gasteiger partial charge on any atom is -0.308 e. The fourth-order valence-electron chi connectivity index (χ4n) is 14.1. The highest BCUT2D eigenvalue weighted by molar-refractivity contribution is 6.29. The van der Waals surface area contributed by atoms with Crippen LogP contribution in [0, 0.1) is 29.6 Å². The smallest absolute Gasteiger partial charge is 0.169 e. The summed E-state index contributed by atoms with van der Waals surface area (Å²) < 4.78 is 2.51. The second-order valence-corrected chi connectivity index (χ2v) is 21.4. The Morgan fingerprint density at radius 1 is 0.544 bits per heavy atom. The number of fused-ring (bicyclic) bond motifs is 16. The van der Waals surface area contributed by atoms with Crippen molar-refractivity contribution in [2.75, 3.05) is 0 Å². The van der Waals surface area contributed by atoms with Crippen LogP contribution in [0.2, 0.25) is 0 Å². The molecule has 7 aliphatic carbocycles. The molecular formula is C54H55NO2. The van der Waals surface area contributed by atoms with E-state index in [0.717, 1.165) is 73.5 Å². The molecule has 7 aliphatic rings. The van der Waals surface area contributed by atoms with Crippen LogP contribution in [-0.4, -0.2) is 16.0 Å². The van der Waals surface area contributed by atoms with Gasteiger partial charge in [-0.2, -0.15) is 0 Å². The van der Waals surface area contributed by atoms with Crippen LogP contribution in [0.5, 0.6) is 0 Å². The molecule has 7 aromatic rings. The third-order valence-electron chi connectivity index (χ3n) is 18.1. The molecular weight excluding hydrogens is 695 g/mol. The molecule has 0 N–H and O–H groups in total. The minimum absolute atomic E-state index is 0.0317. The zero-order valence-corrected chi connectivity index (χ0v) is 35.3. The standard InChI is InChI=1S/C54H55NO2/c1-28(2)53-18-14-51(8,15-19-53)39-24-33-34-23-38-44-32-13-11-10-12-31(32)30(5)22-41(44)50(6,7)46(38)45-37-25-40-36(49(57)54(29(3)4)20-16-52(40,9)17-21-54)27-43(37)55(47(34)45)42(33)26-35(39)48(53)56/h10-13,22-29H,14-21H2,1-9H3. The highest BCUT2D eigenvalue weighted by Crippen LogP contribution is 2.62. The molecule has 0 atom stereocenters. The van der Waals surface area contributed by atoms with Gasteiger partial charge in [-0.1, -0.05) is 85.7 Å². The average Bonchev–Trinajstić information content (AvgIpc) is 3.68. The lowest BCUT2D eigenvalue weighted by molar-refractivity contribution is 0.0537. The van der Waals surface area contributed by atoms with Crippen LogP contribution in [0.15, 0.2) is 60.7 Å². The van der Waals surface area contributed by atoms with Crippen molar-refractivity contribution in [3.8, 4) is 11.1 Å². The first-order valence-electron chi connectivity index (χ1n) is 22.1. The second kappa shape index (κ2) is 10.4. The van der Waals surface area contributed by atoms with Crippen molar-refractivity contribution in [1.29, 1.82) is 0 Å². The predicted octanol–water partition coefficient (Wildman–Crippen LogP) is 13.9. The largest absolute Gasteiger partial charge is 0.308 e. The Morgan fingerprint density at radius 2 is 1.05 bits per heavy atom. The molecule has 0 amide bonds. The van der Waals surface area contributed by atoms with E-state index in [4.69, 9.17) is 0 Å². The van der Waals surface area contributed by atoms with Gasteiger partial charge in [-0.3, -0.25) is 9.59 Å². The van der Waals surface area contributed by atoms with E-state index >= 15 is 9.59 Å². The molecule has 288 valence electrons. The van der Waals surface area contributed by atoms with E-state index < -0.39 is 0 Å². The van der Waals surface area contributed by atoms with E-state index in [0.29, 0.717) is 17.5 Å². The first kappa shape index (κ1) is 34.5. The van der Waals surface area contributed by atoms with E-state index in [9.17, 15) is 0 Å². The summed E-state index contributed by atoms with van der Waals surface area (Å²) in [6, 6.07) is 23.6. The van der Waals surface area contributed by atoms with Crippen LogP contribution in [0.25, 0.3) is 60.0 Å². The van der Waals surface area contributed by atoms with Crippen LogP contribution in [-0.2, 0) is 16.2 Å². The molecule has 5 aromatic carbocycles. The molecule has 2 aromatic heterocycles. The number of Topliss-reactive ketones (excluding diaryl/α,β-unsaturated/α-hetero) is 2. The number of ketones is 2. The third-order valence-corrected chi connectivity index (χ3v) is 18.1. The van der Waals surface area contributed by atoms with Gasteiger partial charge >= 0.3 is 0 Å². The van der Waals surface area contributed by atoms with Crippen molar-refractivity contribution < 1.29 is 9.59 Å². The average molecular weight is 750 g/mol. The van der Waals surface area contributed by atoms with Crippen LogP contribution in [0.1, 0.15) is 155 Å². The van der Waals surface area contributed by atoms with Gasteiger partial charge in [0.15, 0.2) is 11.6 Å². The predicted molar refractivity (Wildman–Crippen MR) is 236 cm³/mol. The van der Waals surface area contributed by atoms with Gasteiger partial charge in [-0.05, 0) is 161 Å². The number of nitrogens with zero attached hydrogens (tertiary/aromatic N) is 1. The fraction of sp³-hybridized carbons (Fsp3) is 0.444. The van der Waals surface area contributed by atoms with Crippen LogP contribution in [0.4, 0.5) is 0 Å². The van der Waals surface area contributed by atoms with Gasteiger partial charge in [0.2, 0.25) is 0 Å². The number of hydrogen-bond donors (Lipinski definition) is 0. The normalized spacial score (nSPS) is 28.7. The van der Waals surface area contributed by atoms with E-state index in [1.807, 2.05) is 0 Å². The molecule has 3 nitrogen and oxygen atoms in total. The van der Waals surface area contributed by atoms with Gasteiger partial charge in [-0.15, -0.1) is 0 Å². The molecule has 57 heavy (non-hydrogen) atoms. The maximum Gasteiger partial charge on any atom is 0.169 e. The van der Waals surface area contributed by atoms with Crippen molar-refractivity contribution in [1.82, 2.24) is 4.40 Å². The first-order valence-corrected chi connectivity index (χ1v) is 22.1. The second-order valence-electron chi connectivity index (χ2n) is 21.4. The Labute approximate surface area is 336 Å². The lowest BCUT2D eigenvalue weighted by atomic mass is 9.60. The SMILES string of the molecule is Cc1cc2c(c3ccccc13)-c1cc3c4cc5c(cc4n4c6cc7c(cc6c(c1C2(C)C)c34)C1(C)CCC(C(C)C)(CC1)C7=O)C(=O)C1(C(C)C)CCC5(C)CC1. The number of aryl methyl sites for hydroxylation is 1. The summed E-state index contributed by atoms with van der Waals surface area (Å²) in [6.45, 7) is 21.1. The molecule has 0 spiro atoms. The topological polar surface area (TPSA) is 38.5 Å². The zero-order chi connectivity index (χ0) is 39.5. The summed E-state index contributed by atoms with van der Waals surface area (Å²) in [5, 5.41) is 7.75. The molecule has 0 aliphatic heterocycles. The van der Waals surface area contributed by atoms with Crippen molar-refractivity contribution in [3.05, 3.63) is 99.6 Å².